The Labute approximate surface area is 142 Å². The lowest BCUT2D eigenvalue weighted by Crippen LogP contribution is -2.14. The summed E-state index contributed by atoms with van der Waals surface area (Å²) in [5, 5.41) is 0. The van der Waals surface area contributed by atoms with Gasteiger partial charge in [-0.15, -0.1) is 0 Å². The third-order valence-corrected chi connectivity index (χ3v) is 5.47. The highest BCUT2D eigenvalue weighted by Gasteiger charge is 2.12. The first-order valence-corrected chi connectivity index (χ1v) is 8.98. The molecule has 0 saturated heterocycles. The Kier molecular flexibility index (Phi) is 5.91. The third kappa shape index (κ3) is 4.05. The maximum absolute atomic E-state index is 12.7. The van der Waals surface area contributed by atoms with Crippen molar-refractivity contribution in [2.75, 3.05) is 13.6 Å². The van der Waals surface area contributed by atoms with Crippen LogP contribution in [-0.4, -0.2) is 29.0 Å². The second kappa shape index (κ2) is 7.70. The standard InChI is InChI=1S/C17H19BrN2OS/c1-4-20(3)12-19-16-10-13(2)17(11-15(16)18)22(21)14-8-6-5-7-9-14/h5-12H,4H2,1-3H3. The Balaban J connectivity index is 2.34. The molecule has 1 atom stereocenters. The molecular weight excluding hydrogens is 360 g/mol. The summed E-state index contributed by atoms with van der Waals surface area (Å²) in [4.78, 5) is 8.07. The maximum atomic E-state index is 12.7. The van der Waals surface area contributed by atoms with Crippen molar-refractivity contribution in [3.63, 3.8) is 0 Å². The fraction of sp³-hybridized carbons (Fsp3) is 0.235. The average molecular weight is 379 g/mol. The highest BCUT2D eigenvalue weighted by atomic mass is 79.9. The van der Waals surface area contributed by atoms with Crippen molar-refractivity contribution in [3.8, 4) is 0 Å². The van der Waals surface area contributed by atoms with Crippen LogP contribution in [0.5, 0.6) is 0 Å². The van der Waals surface area contributed by atoms with Crippen LogP contribution in [0.15, 0.2) is 61.7 Å². The fourth-order valence-corrected chi connectivity index (χ4v) is 3.69. The molecule has 1 unspecified atom stereocenters. The summed E-state index contributed by atoms with van der Waals surface area (Å²) < 4.78 is 13.5. The average Bonchev–Trinajstić information content (AvgIpc) is 2.55. The molecule has 3 nitrogen and oxygen atoms in total. The SMILES string of the molecule is CCN(C)C=Nc1cc(C)c(S(=O)c2ccccc2)cc1Br. The van der Waals surface area contributed by atoms with E-state index in [9.17, 15) is 4.21 Å². The topological polar surface area (TPSA) is 32.7 Å². The van der Waals surface area contributed by atoms with Crippen LogP contribution in [-0.2, 0) is 10.8 Å². The molecule has 116 valence electrons. The van der Waals surface area contributed by atoms with E-state index in [0.717, 1.165) is 32.1 Å². The molecule has 0 aliphatic heterocycles. The summed E-state index contributed by atoms with van der Waals surface area (Å²) in [6, 6.07) is 13.3. The van der Waals surface area contributed by atoms with Crippen molar-refractivity contribution >= 4 is 38.8 Å². The number of rotatable bonds is 5. The van der Waals surface area contributed by atoms with Gasteiger partial charge in [0.25, 0.3) is 0 Å². The van der Waals surface area contributed by atoms with Crippen molar-refractivity contribution in [2.45, 2.75) is 23.6 Å². The Bertz CT molecular complexity index is 701. The van der Waals surface area contributed by atoms with Crippen LogP contribution < -0.4 is 0 Å². The van der Waals surface area contributed by atoms with Gasteiger partial charge in [0.1, 0.15) is 0 Å². The van der Waals surface area contributed by atoms with E-state index in [4.69, 9.17) is 0 Å². The van der Waals surface area contributed by atoms with Gasteiger partial charge in [-0.1, -0.05) is 18.2 Å². The summed E-state index contributed by atoms with van der Waals surface area (Å²) in [5.74, 6) is 0. The van der Waals surface area contributed by atoms with Crippen LogP contribution in [0.2, 0.25) is 0 Å². The number of hydrogen-bond acceptors (Lipinski definition) is 2. The van der Waals surface area contributed by atoms with Gasteiger partial charge in [0, 0.05) is 27.9 Å². The summed E-state index contributed by atoms with van der Waals surface area (Å²) >= 11 is 3.53. The number of hydrogen-bond donors (Lipinski definition) is 0. The fourth-order valence-electron chi connectivity index (χ4n) is 1.86. The lowest BCUT2D eigenvalue weighted by Gasteiger charge is -2.11. The van der Waals surface area contributed by atoms with Gasteiger partial charge in [0.2, 0.25) is 0 Å². The molecule has 0 heterocycles. The van der Waals surface area contributed by atoms with E-state index in [1.165, 1.54) is 0 Å². The predicted octanol–water partition coefficient (Wildman–Crippen LogP) is 4.54. The first-order valence-electron chi connectivity index (χ1n) is 7.04. The molecule has 5 heteroatoms. The summed E-state index contributed by atoms with van der Waals surface area (Å²) in [7, 11) is 0.792. The highest BCUT2D eigenvalue weighted by Crippen LogP contribution is 2.31. The van der Waals surface area contributed by atoms with E-state index in [2.05, 4.69) is 27.8 Å². The molecule has 0 spiro atoms. The van der Waals surface area contributed by atoms with Crippen LogP contribution >= 0.6 is 15.9 Å². The van der Waals surface area contributed by atoms with Gasteiger partial charge in [-0.3, -0.25) is 0 Å². The van der Waals surface area contributed by atoms with Crippen LogP contribution in [0, 0.1) is 6.92 Å². The quantitative estimate of drug-likeness (QED) is 0.565. The van der Waals surface area contributed by atoms with Crippen LogP contribution in [0.4, 0.5) is 5.69 Å². The third-order valence-electron chi connectivity index (χ3n) is 3.29. The highest BCUT2D eigenvalue weighted by molar-refractivity contribution is 9.10. The smallest absolute Gasteiger partial charge is 0.0910 e. The normalized spacial score (nSPS) is 12.5. The molecule has 0 aliphatic carbocycles. The largest absolute Gasteiger partial charge is 0.366 e. The van der Waals surface area contributed by atoms with E-state index < -0.39 is 10.8 Å². The summed E-state index contributed by atoms with van der Waals surface area (Å²) in [5.41, 5.74) is 1.81. The number of aliphatic imine (C=N–C) groups is 1. The van der Waals surface area contributed by atoms with Crippen LogP contribution in [0.25, 0.3) is 0 Å². The molecule has 22 heavy (non-hydrogen) atoms. The Morgan fingerprint density at radius 3 is 2.59 bits per heavy atom. The minimum absolute atomic E-state index is 0.805. The zero-order valence-electron chi connectivity index (χ0n) is 12.9. The van der Waals surface area contributed by atoms with Gasteiger partial charge in [-0.05, 0) is 59.6 Å². The zero-order chi connectivity index (χ0) is 16.1. The van der Waals surface area contributed by atoms with Gasteiger partial charge >= 0.3 is 0 Å². The van der Waals surface area contributed by atoms with Crippen molar-refractivity contribution in [1.29, 1.82) is 0 Å². The lowest BCUT2D eigenvalue weighted by atomic mass is 10.2. The molecule has 0 amide bonds. The predicted molar refractivity (Wildman–Crippen MR) is 96.5 cm³/mol. The Hall–Kier alpha value is -1.46. The van der Waals surface area contributed by atoms with Gasteiger partial charge in [-0.25, -0.2) is 9.20 Å². The van der Waals surface area contributed by atoms with E-state index in [-0.39, 0.29) is 0 Å². The Morgan fingerprint density at radius 1 is 1.27 bits per heavy atom. The van der Waals surface area contributed by atoms with Crippen molar-refractivity contribution in [3.05, 3.63) is 52.5 Å². The monoisotopic (exact) mass is 378 g/mol. The molecule has 0 saturated carbocycles. The molecule has 0 fully saturated rings. The minimum Gasteiger partial charge on any atom is -0.366 e. The minimum atomic E-state index is -1.18. The molecular formula is C17H19BrN2OS. The molecule has 0 bridgehead atoms. The van der Waals surface area contributed by atoms with E-state index in [1.54, 1.807) is 6.34 Å². The van der Waals surface area contributed by atoms with Gasteiger partial charge in [0.15, 0.2) is 0 Å². The second-order valence-corrected chi connectivity index (χ2v) is 7.27. The van der Waals surface area contributed by atoms with Crippen molar-refractivity contribution in [1.82, 2.24) is 4.90 Å². The van der Waals surface area contributed by atoms with Crippen molar-refractivity contribution in [2.24, 2.45) is 4.99 Å². The summed E-state index contributed by atoms with van der Waals surface area (Å²) in [6.07, 6.45) is 1.80. The molecule has 2 aromatic carbocycles. The number of nitrogens with zero attached hydrogens (tertiary/aromatic N) is 2. The molecule has 0 aromatic heterocycles. The van der Waals surface area contributed by atoms with Crippen LogP contribution in [0.3, 0.4) is 0 Å². The van der Waals surface area contributed by atoms with Gasteiger partial charge in [0.05, 0.1) is 22.8 Å². The molecule has 0 aliphatic rings. The lowest BCUT2D eigenvalue weighted by molar-refractivity contribution is 0.552. The van der Waals surface area contributed by atoms with Crippen LogP contribution in [0.1, 0.15) is 12.5 Å². The number of halogens is 1. The first kappa shape index (κ1) is 16.9. The maximum Gasteiger partial charge on any atom is 0.0910 e. The first-order chi connectivity index (χ1) is 10.5. The molecule has 2 aromatic rings. The van der Waals surface area contributed by atoms with Gasteiger partial charge < -0.3 is 4.90 Å². The molecule has 0 radical (unpaired) electrons. The van der Waals surface area contributed by atoms with E-state index in [0.29, 0.717) is 0 Å². The summed E-state index contributed by atoms with van der Waals surface area (Å²) in [6.45, 7) is 4.93. The molecule has 0 N–H and O–H groups in total. The van der Waals surface area contributed by atoms with E-state index in [1.807, 2.05) is 61.3 Å². The number of benzene rings is 2. The van der Waals surface area contributed by atoms with Crippen molar-refractivity contribution < 1.29 is 4.21 Å². The second-order valence-electron chi connectivity index (χ2n) is 4.97. The Morgan fingerprint density at radius 2 is 1.95 bits per heavy atom. The zero-order valence-corrected chi connectivity index (χ0v) is 15.3. The van der Waals surface area contributed by atoms with Gasteiger partial charge in [-0.2, -0.15) is 0 Å². The van der Waals surface area contributed by atoms with E-state index >= 15 is 0 Å². The molecule has 2 rings (SSSR count). The number of aryl methyl sites for hydroxylation is 1.